The summed E-state index contributed by atoms with van der Waals surface area (Å²) in [6.07, 6.45) is 0. The molecule has 0 aliphatic carbocycles. The van der Waals surface area contributed by atoms with Crippen LogP contribution in [-0.4, -0.2) is 13.0 Å². The van der Waals surface area contributed by atoms with Crippen molar-refractivity contribution in [1.82, 2.24) is 0 Å². The molecule has 0 saturated heterocycles. The van der Waals surface area contributed by atoms with Crippen molar-refractivity contribution in [3.05, 3.63) is 59.2 Å². The SMILES string of the molecule is CNc1ccc(C(=O)Nc2ccccc2C#N)c(C)c1. The van der Waals surface area contributed by atoms with E-state index >= 15 is 0 Å². The van der Waals surface area contributed by atoms with Crippen LogP contribution in [0.4, 0.5) is 11.4 Å². The minimum Gasteiger partial charge on any atom is -0.388 e. The van der Waals surface area contributed by atoms with Gasteiger partial charge >= 0.3 is 0 Å². The van der Waals surface area contributed by atoms with E-state index in [0.717, 1.165) is 11.3 Å². The molecule has 2 aromatic rings. The number of benzene rings is 2. The molecule has 4 heteroatoms. The number of carbonyl (C=O) groups excluding carboxylic acids is 1. The molecular formula is C16H15N3O. The quantitative estimate of drug-likeness (QED) is 0.896. The molecule has 0 bridgehead atoms. The summed E-state index contributed by atoms with van der Waals surface area (Å²) in [5.74, 6) is -0.215. The van der Waals surface area contributed by atoms with Crippen LogP contribution in [0.25, 0.3) is 0 Å². The van der Waals surface area contributed by atoms with Crippen LogP contribution in [0.5, 0.6) is 0 Å². The Bertz CT molecular complexity index is 686. The van der Waals surface area contributed by atoms with E-state index in [1.807, 2.05) is 26.1 Å². The van der Waals surface area contributed by atoms with Crippen molar-refractivity contribution in [3.8, 4) is 6.07 Å². The number of hydrogen-bond donors (Lipinski definition) is 2. The zero-order chi connectivity index (χ0) is 14.5. The molecule has 2 rings (SSSR count). The normalized spacial score (nSPS) is 9.65. The minimum absolute atomic E-state index is 0.215. The summed E-state index contributed by atoms with van der Waals surface area (Å²) in [7, 11) is 1.83. The maximum absolute atomic E-state index is 12.3. The van der Waals surface area contributed by atoms with Crippen LogP contribution < -0.4 is 10.6 Å². The topological polar surface area (TPSA) is 64.9 Å². The Hall–Kier alpha value is -2.80. The van der Waals surface area contributed by atoms with Crippen LogP contribution in [0.15, 0.2) is 42.5 Å². The van der Waals surface area contributed by atoms with Gasteiger partial charge in [0.1, 0.15) is 6.07 Å². The fourth-order valence-corrected chi connectivity index (χ4v) is 1.95. The first kappa shape index (κ1) is 13.6. The predicted molar refractivity (Wildman–Crippen MR) is 79.8 cm³/mol. The molecule has 100 valence electrons. The number of carbonyl (C=O) groups is 1. The lowest BCUT2D eigenvalue weighted by molar-refractivity contribution is 0.102. The number of nitrogens with one attached hydrogen (secondary N) is 2. The highest BCUT2D eigenvalue weighted by Gasteiger charge is 2.11. The van der Waals surface area contributed by atoms with Gasteiger partial charge in [-0.3, -0.25) is 4.79 Å². The van der Waals surface area contributed by atoms with Gasteiger partial charge in [0.15, 0.2) is 0 Å². The average molecular weight is 265 g/mol. The van der Waals surface area contributed by atoms with Crippen molar-refractivity contribution in [2.45, 2.75) is 6.92 Å². The van der Waals surface area contributed by atoms with E-state index in [1.165, 1.54) is 0 Å². The number of anilines is 2. The largest absolute Gasteiger partial charge is 0.388 e. The zero-order valence-electron chi connectivity index (χ0n) is 11.4. The summed E-state index contributed by atoms with van der Waals surface area (Å²) >= 11 is 0. The summed E-state index contributed by atoms with van der Waals surface area (Å²) in [6, 6.07) is 14.5. The Labute approximate surface area is 118 Å². The van der Waals surface area contributed by atoms with E-state index < -0.39 is 0 Å². The molecule has 0 aliphatic rings. The molecule has 0 fully saturated rings. The molecule has 0 aromatic heterocycles. The molecule has 2 N–H and O–H groups in total. The van der Waals surface area contributed by atoms with Gasteiger partial charge in [0.25, 0.3) is 5.91 Å². The summed E-state index contributed by atoms with van der Waals surface area (Å²) < 4.78 is 0. The average Bonchev–Trinajstić information content (AvgIpc) is 2.47. The number of nitriles is 1. The van der Waals surface area contributed by atoms with Gasteiger partial charge in [-0.2, -0.15) is 5.26 Å². The molecule has 0 saturated carbocycles. The molecule has 0 heterocycles. The van der Waals surface area contributed by atoms with E-state index in [2.05, 4.69) is 16.7 Å². The Kier molecular flexibility index (Phi) is 4.02. The number of rotatable bonds is 3. The third kappa shape index (κ3) is 2.78. The Balaban J connectivity index is 2.27. The summed E-state index contributed by atoms with van der Waals surface area (Å²) in [5.41, 5.74) is 3.40. The molecule has 20 heavy (non-hydrogen) atoms. The van der Waals surface area contributed by atoms with Crippen LogP contribution in [0.1, 0.15) is 21.5 Å². The van der Waals surface area contributed by atoms with Gasteiger partial charge < -0.3 is 10.6 Å². The predicted octanol–water partition coefficient (Wildman–Crippen LogP) is 3.16. The summed E-state index contributed by atoms with van der Waals surface area (Å²) in [5, 5.41) is 14.8. The fraction of sp³-hybridized carbons (Fsp3) is 0.125. The molecule has 0 atom stereocenters. The second kappa shape index (κ2) is 5.89. The molecule has 0 unspecified atom stereocenters. The fourth-order valence-electron chi connectivity index (χ4n) is 1.95. The molecular weight excluding hydrogens is 250 g/mol. The van der Waals surface area contributed by atoms with Crippen molar-refractivity contribution < 1.29 is 4.79 Å². The Morgan fingerprint density at radius 2 is 1.95 bits per heavy atom. The van der Waals surface area contributed by atoms with E-state index in [-0.39, 0.29) is 5.91 Å². The van der Waals surface area contributed by atoms with Crippen molar-refractivity contribution >= 4 is 17.3 Å². The third-order valence-corrected chi connectivity index (χ3v) is 3.06. The highest BCUT2D eigenvalue weighted by atomic mass is 16.1. The number of aryl methyl sites for hydroxylation is 1. The first-order chi connectivity index (χ1) is 9.65. The number of nitrogens with zero attached hydrogens (tertiary/aromatic N) is 1. The van der Waals surface area contributed by atoms with Gasteiger partial charge in [0.05, 0.1) is 11.3 Å². The van der Waals surface area contributed by atoms with Gasteiger partial charge in [-0.25, -0.2) is 0 Å². The highest BCUT2D eigenvalue weighted by Crippen LogP contribution is 2.18. The molecule has 2 aromatic carbocycles. The third-order valence-electron chi connectivity index (χ3n) is 3.06. The molecule has 1 amide bonds. The lowest BCUT2D eigenvalue weighted by Crippen LogP contribution is -2.14. The molecule has 0 spiro atoms. The van der Waals surface area contributed by atoms with Crippen LogP contribution in [-0.2, 0) is 0 Å². The Morgan fingerprint density at radius 1 is 1.20 bits per heavy atom. The van der Waals surface area contributed by atoms with Gasteiger partial charge in [-0.15, -0.1) is 0 Å². The van der Waals surface area contributed by atoms with Gasteiger partial charge in [-0.05, 0) is 42.8 Å². The number of para-hydroxylation sites is 1. The summed E-state index contributed by atoms with van der Waals surface area (Å²) in [6.45, 7) is 1.88. The van der Waals surface area contributed by atoms with Crippen molar-refractivity contribution in [2.24, 2.45) is 0 Å². The molecule has 4 nitrogen and oxygen atoms in total. The van der Waals surface area contributed by atoms with Crippen LogP contribution in [0.2, 0.25) is 0 Å². The van der Waals surface area contributed by atoms with Crippen molar-refractivity contribution in [2.75, 3.05) is 17.7 Å². The second-order valence-corrected chi connectivity index (χ2v) is 4.39. The number of amides is 1. The second-order valence-electron chi connectivity index (χ2n) is 4.39. The van der Waals surface area contributed by atoms with E-state index in [4.69, 9.17) is 5.26 Å². The maximum Gasteiger partial charge on any atom is 0.255 e. The zero-order valence-corrected chi connectivity index (χ0v) is 11.4. The smallest absolute Gasteiger partial charge is 0.255 e. The molecule has 0 aliphatic heterocycles. The highest BCUT2D eigenvalue weighted by molar-refractivity contribution is 6.06. The van der Waals surface area contributed by atoms with Gasteiger partial charge in [-0.1, -0.05) is 12.1 Å². The first-order valence-corrected chi connectivity index (χ1v) is 6.24. The maximum atomic E-state index is 12.3. The first-order valence-electron chi connectivity index (χ1n) is 6.24. The van der Waals surface area contributed by atoms with Crippen molar-refractivity contribution in [1.29, 1.82) is 5.26 Å². The number of hydrogen-bond acceptors (Lipinski definition) is 3. The standard InChI is InChI=1S/C16H15N3O/c1-11-9-13(18-2)7-8-14(11)16(20)19-15-6-4-3-5-12(15)10-17/h3-9,18H,1-2H3,(H,19,20). The van der Waals surface area contributed by atoms with Crippen LogP contribution in [0.3, 0.4) is 0 Å². The van der Waals surface area contributed by atoms with Crippen LogP contribution in [0, 0.1) is 18.3 Å². The van der Waals surface area contributed by atoms with Crippen molar-refractivity contribution in [3.63, 3.8) is 0 Å². The lowest BCUT2D eigenvalue weighted by Gasteiger charge is -2.10. The van der Waals surface area contributed by atoms with E-state index in [1.54, 1.807) is 30.3 Å². The lowest BCUT2D eigenvalue weighted by atomic mass is 10.1. The minimum atomic E-state index is -0.215. The van der Waals surface area contributed by atoms with E-state index in [0.29, 0.717) is 16.8 Å². The van der Waals surface area contributed by atoms with Gasteiger partial charge in [0, 0.05) is 18.3 Å². The summed E-state index contributed by atoms with van der Waals surface area (Å²) in [4.78, 5) is 12.3. The van der Waals surface area contributed by atoms with Gasteiger partial charge in [0.2, 0.25) is 0 Å². The van der Waals surface area contributed by atoms with Crippen LogP contribution >= 0.6 is 0 Å². The molecule has 0 radical (unpaired) electrons. The van der Waals surface area contributed by atoms with E-state index in [9.17, 15) is 4.79 Å². The monoisotopic (exact) mass is 265 g/mol. The Morgan fingerprint density at radius 3 is 2.60 bits per heavy atom.